The largest absolute Gasteiger partial charge is 0.377 e. The van der Waals surface area contributed by atoms with Gasteiger partial charge >= 0.3 is 0 Å². The van der Waals surface area contributed by atoms with Crippen LogP contribution in [0.5, 0.6) is 0 Å². The van der Waals surface area contributed by atoms with Crippen molar-refractivity contribution >= 4 is 0 Å². The third-order valence-corrected chi connectivity index (χ3v) is 4.62. The van der Waals surface area contributed by atoms with Gasteiger partial charge in [0, 0.05) is 12.6 Å². The minimum Gasteiger partial charge on any atom is -0.377 e. The van der Waals surface area contributed by atoms with Crippen molar-refractivity contribution in [2.75, 3.05) is 13.2 Å². The highest BCUT2D eigenvalue weighted by molar-refractivity contribution is 4.87. The lowest BCUT2D eigenvalue weighted by atomic mass is 9.78. The third kappa shape index (κ3) is 6.58. The number of hydrogen-bond acceptors (Lipinski definition) is 2. The lowest BCUT2D eigenvalue weighted by Crippen LogP contribution is -2.46. The fourth-order valence-corrected chi connectivity index (χ4v) is 3.03. The van der Waals surface area contributed by atoms with E-state index in [9.17, 15) is 0 Å². The van der Waals surface area contributed by atoms with Gasteiger partial charge in [-0.25, -0.2) is 0 Å². The molecule has 1 aliphatic carbocycles. The molecule has 20 heavy (non-hydrogen) atoms. The Kier molecular flexibility index (Phi) is 7.53. The van der Waals surface area contributed by atoms with Gasteiger partial charge in [0.05, 0.1) is 6.10 Å². The lowest BCUT2D eigenvalue weighted by molar-refractivity contribution is -0.0247. The third-order valence-electron chi connectivity index (χ3n) is 4.62. The summed E-state index contributed by atoms with van der Waals surface area (Å²) in [7, 11) is 0. The van der Waals surface area contributed by atoms with Crippen molar-refractivity contribution in [3.63, 3.8) is 0 Å². The predicted molar refractivity (Wildman–Crippen MR) is 88.1 cm³/mol. The van der Waals surface area contributed by atoms with Gasteiger partial charge in [0.25, 0.3) is 0 Å². The molecule has 0 saturated heterocycles. The molecule has 1 fully saturated rings. The molecule has 2 heteroatoms. The van der Waals surface area contributed by atoms with Gasteiger partial charge in [-0.1, -0.05) is 41.5 Å². The van der Waals surface area contributed by atoms with Gasteiger partial charge in [-0.2, -0.15) is 0 Å². The number of rotatable bonds is 7. The molecule has 3 unspecified atom stereocenters. The zero-order chi connectivity index (χ0) is 15.2. The molecule has 0 aromatic rings. The Morgan fingerprint density at radius 2 is 1.90 bits per heavy atom. The maximum absolute atomic E-state index is 6.29. The molecule has 2 nitrogen and oxygen atoms in total. The first-order valence-electron chi connectivity index (χ1n) is 8.68. The van der Waals surface area contributed by atoms with Crippen LogP contribution in [0.15, 0.2) is 0 Å². The molecule has 1 rings (SSSR count). The van der Waals surface area contributed by atoms with Crippen molar-refractivity contribution in [3.8, 4) is 0 Å². The Balaban J connectivity index is 2.48. The Bertz CT molecular complexity index is 257. The van der Waals surface area contributed by atoms with Crippen LogP contribution in [0.4, 0.5) is 0 Å². The summed E-state index contributed by atoms with van der Waals surface area (Å²) in [6, 6.07) is 0.574. The monoisotopic (exact) mass is 283 g/mol. The molecule has 0 aromatic heterocycles. The summed E-state index contributed by atoms with van der Waals surface area (Å²) in [6.07, 6.45) is 6.66. The van der Waals surface area contributed by atoms with Crippen molar-refractivity contribution < 1.29 is 4.74 Å². The van der Waals surface area contributed by atoms with Crippen molar-refractivity contribution in [2.24, 2.45) is 17.3 Å². The zero-order valence-electron chi connectivity index (χ0n) is 14.7. The van der Waals surface area contributed by atoms with E-state index in [0.717, 1.165) is 31.4 Å². The van der Waals surface area contributed by atoms with E-state index >= 15 is 0 Å². The lowest BCUT2D eigenvalue weighted by Gasteiger charge is -2.38. The highest BCUT2D eigenvalue weighted by Gasteiger charge is 2.32. The SMILES string of the molecule is CCCNC1CCC(C(C)C)CC1OCCC(C)(C)C. The van der Waals surface area contributed by atoms with Gasteiger partial charge in [0.2, 0.25) is 0 Å². The second kappa shape index (κ2) is 8.38. The Morgan fingerprint density at radius 1 is 1.20 bits per heavy atom. The summed E-state index contributed by atoms with van der Waals surface area (Å²) in [5.74, 6) is 1.63. The summed E-state index contributed by atoms with van der Waals surface area (Å²) in [4.78, 5) is 0. The first-order chi connectivity index (χ1) is 9.33. The molecule has 0 radical (unpaired) electrons. The highest BCUT2D eigenvalue weighted by Crippen LogP contribution is 2.32. The molecule has 1 N–H and O–H groups in total. The van der Waals surface area contributed by atoms with E-state index in [1.54, 1.807) is 0 Å². The number of ether oxygens (including phenoxy) is 1. The molecule has 0 aromatic carbocycles. The Hall–Kier alpha value is -0.0800. The highest BCUT2D eigenvalue weighted by atomic mass is 16.5. The van der Waals surface area contributed by atoms with Crippen LogP contribution in [0.1, 0.15) is 73.6 Å². The Labute approximate surface area is 127 Å². The van der Waals surface area contributed by atoms with Gasteiger partial charge < -0.3 is 10.1 Å². The summed E-state index contributed by atoms with van der Waals surface area (Å²) >= 11 is 0. The molecule has 0 spiro atoms. The standard InChI is InChI=1S/C18H37NO/c1-7-11-19-16-9-8-15(14(2)3)13-17(16)20-12-10-18(4,5)6/h14-17,19H,7-13H2,1-6H3. The van der Waals surface area contributed by atoms with E-state index in [2.05, 4.69) is 46.9 Å². The van der Waals surface area contributed by atoms with Crippen molar-refractivity contribution in [1.29, 1.82) is 0 Å². The predicted octanol–water partition coefficient (Wildman–Crippen LogP) is 4.63. The average Bonchev–Trinajstić information content (AvgIpc) is 2.35. The van der Waals surface area contributed by atoms with Crippen LogP contribution < -0.4 is 5.32 Å². The van der Waals surface area contributed by atoms with E-state index in [1.807, 2.05) is 0 Å². The van der Waals surface area contributed by atoms with Crippen molar-refractivity contribution in [3.05, 3.63) is 0 Å². The van der Waals surface area contributed by atoms with Gasteiger partial charge in [0.1, 0.15) is 0 Å². The maximum Gasteiger partial charge on any atom is 0.0730 e. The zero-order valence-corrected chi connectivity index (χ0v) is 14.7. The fraction of sp³-hybridized carbons (Fsp3) is 1.00. The second-order valence-electron chi connectivity index (χ2n) is 8.10. The van der Waals surface area contributed by atoms with Crippen molar-refractivity contribution in [2.45, 2.75) is 85.8 Å². The molecule has 0 bridgehead atoms. The molecular formula is C18H37NO. The van der Waals surface area contributed by atoms with Crippen LogP contribution in [-0.2, 0) is 4.74 Å². The molecule has 0 amide bonds. The van der Waals surface area contributed by atoms with Gasteiger partial charge in [-0.05, 0) is 55.9 Å². The minimum absolute atomic E-state index is 0.373. The van der Waals surface area contributed by atoms with Crippen LogP contribution in [0, 0.1) is 17.3 Å². The average molecular weight is 283 g/mol. The van der Waals surface area contributed by atoms with E-state index in [-0.39, 0.29) is 0 Å². The molecule has 1 saturated carbocycles. The van der Waals surface area contributed by atoms with Crippen LogP contribution >= 0.6 is 0 Å². The molecule has 0 heterocycles. The van der Waals surface area contributed by atoms with Crippen LogP contribution in [0.2, 0.25) is 0 Å². The number of hydrogen-bond donors (Lipinski definition) is 1. The minimum atomic E-state index is 0.373. The van der Waals surface area contributed by atoms with E-state index in [4.69, 9.17) is 4.74 Å². The summed E-state index contributed by atoms with van der Waals surface area (Å²) < 4.78 is 6.29. The van der Waals surface area contributed by atoms with E-state index in [1.165, 1.54) is 25.7 Å². The molecule has 120 valence electrons. The normalized spacial score (nSPS) is 28.1. The first-order valence-corrected chi connectivity index (χ1v) is 8.68. The van der Waals surface area contributed by atoms with Crippen LogP contribution in [0.3, 0.4) is 0 Å². The van der Waals surface area contributed by atoms with E-state index in [0.29, 0.717) is 17.6 Å². The summed E-state index contributed by atoms with van der Waals surface area (Å²) in [5, 5.41) is 3.70. The van der Waals surface area contributed by atoms with E-state index < -0.39 is 0 Å². The molecule has 3 atom stereocenters. The van der Waals surface area contributed by atoms with Gasteiger partial charge in [0.15, 0.2) is 0 Å². The quantitative estimate of drug-likeness (QED) is 0.735. The summed E-state index contributed by atoms with van der Waals surface area (Å²) in [6.45, 7) is 15.9. The molecule has 1 aliphatic rings. The second-order valence-corrected chi connectivity index (χ2v) is 8.10. The van der Waals surface area contributed by atoms with Crippen molar-refractivity contribution in [1.82, 2.24) is 5.32 Å². The van der Waals surface area contributed by atoms with Gasteiger partial charge in [-0.3, -0.25) is 0 Å². The fourth-order valence-electron chi connectivity index (χ4n) is 3.03. The maximum atomic E-state index is 6.29. The van der Waals surface area contributed by atoms with Crippen LogP contribution in [-0.4, -0.2) is 25.3 Å². The van der Waals surface area contributed by atoms with Gasteiger partial charge in [-0.15, -0.1) is 0 Å². The topological polar surface area (TPSA) is 21.3 Å². The Morgan fingerprint density at radius 3 is 2.45 bits per heavy atom. The molecule has 0 aliphatic heterocycles. The summed E-state index contributed by atoms with van der Waals surface area (Å²) in [5.41, 5.74) is 0.373. The van der Waals surface area contributed by atoms with Crippen LogP contribution in [0.25, 0.3) is 0 Å². The smallest absolute Gasteiger partial charge is 0.0730 e. The first kappa shape index (κ1) is 18.0. The number of nitrogens with one attached hydrogen (secondary N) is 1. The molecular weight excluding hydrogens is 246 g/mol.